The van der Waals surface area contributed by atoms with Gasteiger partial charge in [0.25, 0.3) is 11.8 Å². The van der Waals surface area contributed by atoms with E-state index in [-0.39, 0.29) is 6.10 Å². The van der Waals surface area contributed by atoms with E-state index in [1.807, 2.05) is 56.6 Å². The van der Waals surface area contributed by atoms with Crippen LogP contribution in [0.4, 0.5) is 0 Å². The lowest BCUT2D eigenvalue weighted by atomic mass is 10.0. The third kappa shape index (κ3) is 4.18. The van der Waals surface area contributed by atoms with Crippen LogP contribution in [0.25, 0.3) is 33.5 Å². The van der Waals surface area contributed by atoms with Crippen LogP contribution in [0.3, 0.4) is 0 Å². The van der Waals surface area contributed by atoms with Crippen molar-refractivity contribution in [1.82, 2.24) is 34.9 Å². The molecular formula is C25H23N7O3. The lowest BCUT2D eigenvalue weighted by molar-refractivity contribution is 0.167. The first kappa shape index (κ1) is 21.2. The zero-order chi connectivity index (χ0) is 23.9. The van der Waals surface area contributed by atoms with Crippen LogP contribution in [0.5, 0.6) is 11.6 Å². The van der Waals surface area contributed by atoms with Crippen LogP contribution >= 0.6 is 0 Å². The molecule has 0 radical (unpaired) electrons. The molecule has 0 bridgehead atoms. The van der Waals surface area contributed by atoms with Crippen LogP contribution in [-0.4, -0.2) is 41.0 Å². The Hall–Kier alpha value is -4.34. The molecule has 0 unspecified atom stereocenters. The lowest BCUT2D eigenvalue weighted by Crippen LogP contribution is -2.08. The fraction of sp³-hybridized carbons (Fsp3) is 0.280. The molecular weight excluding hydrogens is 446 g/mol. The number of aromatic nitrogens is 7. The maximum atomic E-state index is 6.18. The standard InChI is InChI=1S/C25H23N7O3/c1-14(24-30-29-15(2)34-24)33-25-20(35-17-9-10-17)11-19-23(28-25)22(27-13-26-19)18-12-32(3)31-21(18)16-7-5-4-6-8-16/h4-8,11-14,17H,9-10H2,1-3H3/t14-/m0/s1. The molecule has 0 amide bonds. The van der Waals surface area contributed by atoms with Crippen molar-refractivity contribution in [3.63, 3.8) is 0 Å². The van der Waals surface area contributed by atoms with Crippen molar-refractivity contribution < 1.29 is 13.9 Å². The number of fused-ring (bicyclic) bond motifs is 1. The number of nitrogens with zero attached hydrogens (tertiary/aromatic N) is 7. The zero-order valence-electron chi connectivity index (χ0n) is 19.5. The average Bonchev–Trinajstić information content (AvgIpc) is 3.43. The molecule has 4 aromatic heterocycles. The largest absolute Gasteiger partial charge is 0.485 e. The van der Waals surface area contributed by atoms with Gasteiger partial charge in [0.15, 0.2) is 11.9 Å². The second-order valence-electron chi connectivity index (χ2n) is 8.55. The number of aryl methyl sites for hydroxylation is 2. The van der Waals surface area contributed by atoms with Gasteiger partial charge in [0.1, 0.15) is 23.2 Å². The predicted molar refractivity (Wildman–Crippen MR) is 127 cm³/mol. The Kier molecular flexibility index (Phi) is 5.13. The summed E-state index contributed by atoms with van der Waals surface area (Å²) in [4.78, 5) is 13.9. The Bertz CT molecular complexity index is 1510. The summed E-state index contributed by atoms with van der Waals surface area (Å²) in [6, 6.07) is 11.8. The van der Waals surface area contributed by atoms with Crippen molar-refractivity contribution in [3.8, 4) is 34.1 Å². The maximum Gasteiger partial charge on any atom is 0.258 e. The van der Waals surface area contributed by atoms with Crippen LogP contribution in [-0.2, 0) is 7.05 Å². The molecule has 1 saturated carbocycles. The molecule has 1 aliphatic rings. The van der Waals surface area contributed by atoms with E-state index < -0.39 is 6.10 Å². The Morgan fingerprint density at radius 3 is 2.66 bits per heavy atom. The molecule has 0 N–H and O–H groups in total. The quantitative estimate of drug-likeness (QED) is 0.341. The van der Waals surface area contributed by atoms with Crippen LogP contribution in [0, 0.1) is 6.92 Å². The minimum atomic E-state index is -0.519. The van der Waals surface area contributed by atoms with Gasteiger partial charge >= 0.3 is 0 Å². The second kappa shape index (κ2) is 8.46. The minimum absolute atomic E-state index is 0.155. The molecule has 176 valence electrons. The van der Waals surface area contributed by atoms with Gasteiger partial charge in [-0.2, -0.15) is 5.10 Å². The van der Waals surface area contributed by atoms with Crippen molar-refractivity contribution in [1.29, 1.82) is 0 Å². The zero-order valence-corrected chi connectivity index (χ0v) is 19.5. The summed E-state index contributed by atoms with van der Waals surface area (Å²) in [6.07, 6.45) is 5.11. The number of pyridine rings is 1. The van der Waals surface area contributed by atoms with E-state index in [0.29, 0.717) is 40.1 Å². The molecule has 0 aliphatic heterocycles. The van der Waals surface area contributed by atoms with Crippen LogP contribution in [0.1, 0.15) is 37.7 Å². The minimum Gasteiger partial charge on any atom is -0.485 e. The van der Waals surface area contributed by atoms with Gasteiger partial charge in [-0.3, -0.25) is 4.68 Å². The summed E-state index contributed by atoms with van der Waals surface area (Å²) in [5, 5.41) is 12.7. The van der Waals surface area contributed by atoms with Gasteiger partial charge in [0.2, 0.25) is 5.89 Å². The highest BCUT2D eigenvalue weighted by Crippen LogP contribution is 2.39. The van der Waals surface area contributed by atoms with Gasteiger partial charge in [-0.25, -0.2) is 15.0 Å². The number of hydrogen-bond acceptors (Lipinski definition) is 9. The van der Waals surface area contributed by atoms with Gasteiger partial charge < -0.3 is 13.9 Å². The summed E-state index contributed by atoms with van der Waals surface area (Å²) in [5.74, 6) is 1.69. The summed E-state index contributed by atoms with van der Waals surface area (Å²) < 4.78 is 19.6. The van der Waals surface area contributed by atoms with E-state index >= 15 is 0 Å². The Morgan fingerprint density at radius 1 is 1.09 bits per heavy atom. The summed E-state index contributed by atoms with van der Waals surface area (Å²) in [6.45, 7) is 3.57. The van der Waals surface area contributed by atoms with Crippen molar-refractivity contribution in [3.05, 3.63) is 60.7 Å². The van der Waals surface area contributed by atoms with E-state index in [4.69, 9.17) is 18.9 Å². The van der Waals surface area contributed by atoms with Crippen molar-refractivity contribution in [2.24, 2.45) is 7.05 Å². The lowest BCUT2D eigenvalue weighted by Gasteiger charge is -2.16. The number of rotatable bonds is 7. The molecule has 10 heteroatoms. The molecule has 1 atom stereocenters. The third-order valence-corrected chi connectivity index (χ3v) is 5.67. The van der Waals surface area contributed by atoms with Crippen molar-refractivity contribution in [2.45, 2.75) is 38.9 Å². The Labute approximate surface area is 201 Å². The Balaban J connectivity index is 1.48. The maximum absolute atomic E-state index is 6.18. The first-order valence-corrected chi connectivity index (χ1v) is 11.4. The highest BCUT2D eigenvalue weighted by Gasteiger charge is 2.28. The molecule has 35 heavy (non-hydrogen) atoms. The average molecular weight is 470 g/mol. The summed E-state index contributed by atoms with van der Waals surface area (Å²) in [7, 11) is 1.89. The molecule has 1 aliphatic carbocycles. The predicted octanol–water partition coefficient (Wildman–Crippen LogP) is 4.46. The van der Waals surface area contributed by atoms with Crippen LogP contribution in [0.2, 0.25) is 0 Å². The van der Waals surface area contributed by atoms with Crippen molar-refractivity contribution >= 4 is 11.0 Å². The second-order valence-corrected chi connectivity index (χ2v) is 8.55. The van der Waals surface area contributed by atoms with E-state index in [1.54, 1.807) is 11.6 Å². The van der Waals surface area contributed by atoms with E-state index in [1.165, 1.54) is 6.33 Å². The number of ether oxygens (including phenoxy) is 2. The van der Waals surface area contributed by atoms with Crippen LogP contribution < -0.4 is 9.47 Å². The summed E-state index contributed by atoms with van der Waals surface area (Å²) >= 11 is 0. The molecule has 1 fully saturated rings. The van der Waals surface area contributed by atoms with Gasteiger partial charge in [-0.05, 0) is 19.8 Å². The topological polar surface area (TPSA) is 114 Å². The normalized spacial score (nSPS) is 14.3. The van der Waals surface area contributed by atoms with Gasteiger partial charge in [-0.1, -0.05) is 30.3 Å². The van der Waals surface area contributed by atoms with E-state index in [2.05, 4.69) is 25.3 Å². The fourth-order valence-corrected chi connectivity index (χ4v) is 3.85. The third-order valence-electron chi connectivity index (χ3n) is 5.67. The first-order chi connectivity index (χ1) is 17.0. The number of benzene rings is 1. The van der Waals surface area contributed by atoms with Crippen molar-refractivity contribution in [2.75, 3.05) is 0 Å². The molecule has 6 rings (SSSR count). The SMILES string of the molecule is Cc1nnc([C@H](C)Oc2nc3c(-c4cn(C)nc4-c4ccccc4)ncnc3cc2OC2CC2)o1. The van der Waals surface area contributed by atoms with Crippen LogP contribution in [0.15, 0.2) is 53.3 Å². The summed E-state index contributed by atoms with van der Waals surface area (Å²) in [5.41, 5.74) is 4.55. The molecule has 4 heterocycles. The smallest absolute Gasteiger partial charge is 0.258 e. The molecule has 1 aromatic carbocycles. The van der Waals surface area contributed by atoms with Gasteiger partial charge in [-0.15, -0.1) is 10.2 Å². The van der Waals surface area contributed by atoms with E-state index in [9.17, 15) is 0 Å². The molecule has 0 spiro atoms. The monoisotopic (exact) mass is 469 g/mol. The first-order valence-electron chi connectivity index (χ1n) is 11.4. The molecule has 10 nitrogen and oxygen atoms in total. The van der Waals surface area contributed by atoms with Gasteiger partial charge in [0.05, 0.1) is 11.6 Å². The van der Waals surface area contributed by atoms with E-state index in [0.717, 1.165) is 29.7 Å². The molecule has 5 aromatic rings. The van der Waals surface area contributed by atoms with Gasteiger partial charge in [0, 0.05) is 37.4 Å². The highest BCUT2D eigenvalue weighted by atomic mass is 16.5. The Morgan fingerprint density at radius 2 is 1.91 bits per heavy atom. The molecule has 0 saturated heterocycles. The highest BCUT2D eigenvalue weighted by molar-refractivity contribution is 5.94. The fourth-order valence-electron chi connectivity index (χ4n) is 3.85. The number of hydrogen-bond donors (Lipinski definition) is 0.